The molecule has 0 saturated carbocycles. The molecule has 84 valence electrons. The summed E-state index contributed by atoms with van der Waals surface area (Å²) in [5, 5.41) is 9.52. The van der Waals surface area contributed by atoms with Crippen molar-refractivity contribution in [1.29, 1.82) is 0 Å². The highest BCUT2D eigenvalue weighted by Crippen LogP contribution is 2.28. The van der Waals surface area contributed by atoms with Gasteiger partial charge in [-0.15, -0.1) is 0 Å². The van der Waals surface area contributed by atoms with Crippen molar-refractivity contribution >= 4 is 0 Å². The zero-order valence-corrected chi connectivity index (χ0v) is 8.25. The second-order valence-electron chi connectivity index (χ2n) is 3.35. The molecule has 5 heteroatoms. The molecular formula is C10H12F3NO. The number of aryl methyl sites for hydroxylation is 1. The largest absolute Gasteiger partial charge is 0.389 e. The summed E-state index contributed by atoms with van der Waals surface area (Å²) in [5.74, 6) is 0. The van der Waals surface area contributed by atoms with Gasteiger partial charge in [0.25, 0.3) is 0 Å². The molecule has 0 aliphatic heterocycles. The van der Waals surface area contributed by atoms with Gasteiger partial charge in [0.1, 0.15) is 0 Å². The third-order valence-corrected chi connectivity index (χ3v) is 2.11. The molecule has 0 aromatic carbocycles. The second-order valence-corrected chi connectivity index (χ2v) is 3.35. The molecule has 0 saturated heterocycles. The normalized spacial score (nSPS) is 13.9. The number of aliphatic hydroxyl groups is 1. The number of aromatic nitrogens is 1. The second kappa shape index (κ2) is 4.61. The molecule has 0 amide bonds. The minimum Gasteiger partial charge on any atom is -0.388 e. The van der Waals surface area contributed by atoms with Crippen molar-refractivity contribution in [2.24, 2.45) is 0 Å². The Balaban J connectivity index is 2.62. The number of alkyl halides is 3. The summed E-state index contributed by atoms with van der Waals surface area (Å²) in [4.78, 5) is 3.90. The SMILES string of the molecule is Cc1ncccc1C(O)CCC(F)(F)F. The summed E-state index contributed by atoms with van der Waals surface area (Å²) in [6.07, 6.45) is -5.09. The molecule has 1 aromatic rings. The van der Waals surface area contributed by atoms with Crippen LogP contribution in [-0.2, 0) is 0 Å². The zero-order valence-electron chi connectivity index (χ0n) is 8.25. The topological polar surface area (TPSA) is 33.1 Å². The van der Waals surface area contributed by atoms with Crippen LogP contribution in [0.25, 0.3) is 0 Å². The van der Waals surface area contributed by atoms with E-state index in [0.717, 1.165) is 0 Å². The van der Waals surface area contributed by atoms with Gasteiger partial charge in [-0.2, -0.15) is 13.2 Å². The third-order valence-electron chi connectivity index (χ3n) is 2.11. The van der Waals surface area contributed by atoms with E-state index in [1.807, 2.05) is 0 Å². The standard InChI is InChI=1S/C10H12F3NO/c1-7-8(3-2-6-14-7)9(15)4-5-10(11,12)13/h2-3,6,9,15H,4-5H2,1H3. The smallest absolute Gasteiger partial charge is 0.388 e. The molecule has 15 heavy (non-hydrogen) atoms. The van der Waals surface area contributed by atoms with Gasteiger partial charge in [-0.25, -0.2) is 0 Å². The van der Waals surface area contributed by atoms with Crippen LogP contribution in [0.5, 0.6) is 0 Å². The van der Waals surface area contributed by atoms with Crippen LogP contribution in [0.4, 0.5) is 13.2 Å². The lowest BCUT2D eigenvalue weighted by atomic mass is 10.0. The lowest BCUT2D eigenvalue weighted by Gasteiger charge is -2.13. The van der Waals surface area contributed by atoms with Crippen LogP contribution in [-0.4, -0.2) is 16.3 Å². The predicted octanol–water partition coefficient (Wildman–Crippen LogP) is 2.77. The number of pyridine rings is 1. The fraction of sp³-hybridized carbons (Fsp3) is 0.500. The number of nitrogens with zero attached hydrogens (tertiary/aromatic N) is 1. The van der Waals surface area contributed by atoms with Gasteiger partial charge in [0.05, 0.1) is 6.10 Å². The highest BCUT2D eigenvalue weighted by molar-refractivity contribution is 5.20. The van der Waals surface area contributed by atoms with Crippen LogP contribution in [0, 0.1) is 6.92 Å². The van der Waals surface area contributed by atoms with Crippen LogP contribution in [0.15, 0.2) is 18.3 Å². The van der Waals surface area contributed by atoms with Gasteiger partial charge in [-0.05, 0) is 19.4 Å². The van der Waals surface area contributed by atoms with Crippen LogP contribution < -0.4 is 0 Å². The summed E-state index contributed by atoms with van der Waals surface area (Å²) in [6, 6.07) is 3.18. The highest BCUT2D eigenvalue weighted by atomic mass is 19.4. The summed E-state index contributed by atoms with van der Waals surface area (Å²) in [7, 11) is 0. The number of rotatable bonds is 3. The van der Waals surface area contributed by atoms with Gasteiger partial charge in [0.2, 0.25) is 0 Å². The van der Waals surface area contributed by atoms with E-state index in [0.29, 0.717) is 11.3 Å². The van der Waals surface area contributed by atoms with Crippen LogP contribution >= 0.6 is 0 Å². The molecule has 1 aromatic heterocycles. The summed E-state index contributed by atoms with van der Waals surface area (Å²) >= 11 is 0. The van der Waals surface area contributed by atoms with Crippen LogP contribution in [0.3, 0.4) is 0 Å². The van der Waals surface area contributed by atoms with E-state index >= 15 is 0 Å². The molecule has 1 heterocycles. The predicted molar refractivity (Wildman–Crippen MR) is 49.2 cm³/mol. The molecule has 1 unspecified atom stereocenters. The number of halogens is 3. The van der Waals surface area contributed by atoms with Gasteiger partial charge >= 0.3 is 6.18 Å². The Bertz CT molecular complexity index is 325. The van der Waals surface area contributed by atoms with E-state index < -0.39 is 18.7 Å². The number of hydrogen-bond acceptors (Lipinski definition) is 2. The molecule has 0 radical (unpaired) electrons. The first-order valence-corrected chi connectivity index (χ1v) is 4.56. The van der Waals surface area contributed by atoms with Crippen molar-refractivity contribution in [3.63, 3.8) is 0 Å². The molecule has 1 atom stereocenters. The minimum absolute atomic E-state index is 0.323. The molecule has 0 fully saturated rings. The van der Waals surface area contributed by atoms with Gasteiger partial charge < -0.3 is 5.11 Å². The van der Waals surface area contributed by atoms with Crippen molar-refractivity contribution < 1.29 is 18.3 Å². The summed E-state index contributed by atoms with van der Waals surface area (Å²) < 4.78 is 35.7. The van der Waals surface area contributed by atoms with E-state index in [1.54, 1.807) is 19.1 Å². The van der Waals surface area contributed by atoms with E-state index in [-0.39, 0.29) is 6.42 Å². The fourth-order valence-electron chi connectivity index (χ4n) is 1.30. The lowest BCUT2D eigenvalue weighted by Crippen LogP contribution is -2.10. The molecule has 2 nitrogen and oxygen atoms in total. The number of hydrogen-bond donors (Lipinski definition) is 1. The van der Waals surface area contributed by atoms with Crippen LogP contribution in [0.1, 0.15) is 30.2 Å². The Morgan fingerprint density at radius 3 is 2.67 bits per heavy atom. The molecule has 0 bridgehead atoms. The molecule has 0 spiro atoms. The van der Waals surface area contributed by atoms with Crippen molar-refractivity contribution in [3.8, 4) is 0 Å². The van der Waals surface area contributed by atoms with Gasteiger partial charge in [-0.3, -0.25) is 4.98 Å². The van der Waals surface area contributed by atoms with E-state index in [4.69, 9.17) is 0 Å². The highest BCUT2D eigenvalue weighted by Gasteiger charge is 2.28. The molecule has 0 aliphatic rings. The van der Waals surface area contributed by atoms with Crippen LogP contribution in [0.2, 0.25) is 0 Å². The molecule has 1 N–H and O–H groups in total. The first-order chi connectivity index (χ1) is 6.90. The first-order valence-electron chi connectivity index (χ1n) is 4.56. The summed E-state index contributed by atoms with van der Waals surface area (Å²) in [5.41, 5.74) is 1.02. The summed E-state index contributed by atoms with van der Waals surface area (Å²) in [6.45, 7) is 1.66. The van der Waals surface area contributed by atoms with Crippen molar-refractivity contribution in [2.75, 3.05) is 0 Å². The fourth-order valence-corrected chi connectivity index (χ4v) is 1.30. The van der Waals surface area contributed by atoms with E-state index in [1.165, 1.54) is 6.20 Å². The minimum atomic E-state index is -4.23. The van der Waals surface area contributed by atoms with E-state index in [9.17, 15) is 18.3 Å². The zero-order chi connectivity index (χ0) is 11.5. The number of aliphatic hydroxyl groups excluding tert-OH is 1. The Morgan fingerprint density at radius 2 is 2.13 bits per heavy atom. The van der Waals surface area contributed by atoms with Crippen molar-refractivity contribution in [3.05, 3.63) is 29.6 Å². The molecular weight excluding hydrogens is 207 g/mol. The maximum atomic E-state index is 11.9. The molecule has 0 aliphatic carbocycles. The average molecular weight is 219 g/mol. The Hall–Kier alpha value is -1.10. The maximum absolute atomic E-state index is 11.9. The van der Waals surface area contributed by atoms with E-state index in [2.05, 4.69) is 4.98 Å². The average Bonchev–Trinajstić information content (AvgIpc) is 2.14. The monoisotopic (exact) mass is 219 g/mol. The Morgan fingerprint density at radius 1 is 1.47 bits per heavy atom. The van der Waals surface area contributed by atoms with Gasteiger partial charge in [0.15, 0.2) is 0 Å². The van der Waals surface area contributed by atoms with Gasteiger partial charge in [0, 0.05) is 23.9 Å². The molecule has 1 rings (SSSR count). The van der Waals surface area contributed by atoms with Gasteiger partial charge in [-0.1, -0.05) is 6.07 Å². The Labute approximate surface area is 85.8 Å². The maximum Gasteiger partial charge on any atom is 0.389 e. The van der Waals surface area contributed by atoms with Crippen molar-refractivity contribution in [2.45, 2.75) is 32.0 Å². The first kappa shape index (κ1) is 12.0. The van der Waals surface area contributed by atoms with Crippen molar-refractivity contribution in [1.82, 2.24) is 4.98 Å². The Kier molecular flexibility index (Phi) is 3.68. The quantitative estimate of drug-likeness (QED) is 0.847. The lowest BCUT2D eigenvalue weighted by molar-refractivity contribution is -0.140. The third kappa shape index (κ3) is 3.87.